The second-order valence-electron chi connectivity index (χ2n) is 4.31. The molecule has 1 aromatic heterocycles. The van der Waals surface area contributed by atoms with Crippen molar-refractivity contribution in [1.82, 2.24) is 9.78 Å². The Hall–Kier alpha value is -2.49. The molecule has 4 heteroatoms. The Morgan fingerprint density at radius 2 is 2.05 bits per heavy atom. The molecule has 96 valence electrons. The van der Waals surface area contributed by atoms with Crippen LogP contribution < -0.4 is 10.5 Å². The number of hydrogen-bond acceptors (Lipinski definition) is 3. The molecule has 0 saturated heterocycles. The summed E-state index contributed by atoms with van der Waals surface area (Å²) < 4.78 is 7.39. The van der Waals surface area contributed by atoms with Crippen LogP contribution in [0.4, 0.5) is 5.69 Å². The van der Waals surface area contributed by atoms with Crippen LogP contribution >= 0.6 is 0 Å². The van der Waals surface area contributed by atoms with Gasteiger partial charge in [0.25, 0.3) is 0 Å². The van der Waals surface area contributed by atoms with E-state index in [4.69, 9.17) is 10.5 Å². The Labute approximate surface area is 111 Å². The molecule has 0 aliphatic carbocycles. The number of nitrogens with zero attached hydrogens (tertiary/aromatic N) is 2. The molecule has 3 rings (SSSR count). The normalized spacial score (nSPS) is 10.8. The number of benzene rings is 2. The van der Waals surface area contributed by atoms with Crippen molar-refractivity contribution < 1.29 is 4.74 Å². The number of ether oxygens (including phenoxy) is 1. The maximum atomic E-state index is 5.92. The molecular weight excluding hydrogens is 238 g/mol. The summed E-state index contributed by atoms with van der Waals surface area (Å²) in [4.78, 5) is 0. The van der Waals surface area contributed by atoms with Crippen molar-refractivity contribution in [3.63, 3.8) is 0 Å². The van der Waals surface area contributed by atoms with Crippen LogP contribution in [-0.2, 0) is 0 Å². The van der Waals surface area contributed by atoms with Gasteiger partial charge in [-0.05, 0) is 19.1 Å². The average Bonchev–Trinajstić information content (AvgIpc) is 2.82. The molecule has 1 heterocycles. The number of fused-ring (bicyclic) bond motifs is 1. The fraction of sp³-hybridized carbons (Fsp3) is 0.133. The molecular formula is C15H15N3O. The average molecular weight is 253 g/mol. The number of anilines is 1. The number of para-hydroxylation sites is 1. The SMILES string of the molecule is CCOc1cc(N)cc(-n2ncc3ccccc32)c1. The van der Waals surface area contributed by atoms with Crippen molar-refractivity contribution in [2.24, 2.45) is 0 Å². The van der Waals surface area contributed by atoms with E-state index < -0.39 is 0 Å². The lowest BCUT2D eigenvalue weighted by Gasteiger charge is -2.09. The van der Waals surface area contributed by atoms with Gasteiger partial charge in [-0.15, -0.1) is 0 Å². The fourth-order valence-corrected chi connectivity index (χ4v) is 2.16. The largest absolute Gasteiger partial charge is 0.494 e. The second kappa shape index (κ2) is 4.65. The van der Waals surface area contributed by atoms with E-state index >= 15 is 0 Å². The zero-order valence-corrected chi connectivity index (χ0v) is 10.7. The molecule has 19 heavy (non-hydrogen) atoms. The molecule has 0 atom stereocenters. The van der Waals surface area contributed by atoms with Gasteiger partial charge >= 0.3 is 0 Å². The van der Waals surface area contributed by atoms with Gasteiger partial charge in [-0.2, -0.15) is 5.10 Å². The molecule has 0 aliphatic heterocycles. The minimum atomic E-state index is 0.614. The second-order valence-corrected chi connectivity index (χ2v) is 4.31. The van der Waals surface area contributed by atoms with E-state index in [9.17, 15) is 0 Å². The topological polar surface area (TPSA) is 53.1 Å². The Balaban J connectivity index is 2.15. The highest BCUT2D eigenvalue weighted by Gasteiger charge is 2.06. The van der Waals surface area contributed by atoms with Crippen molar-refractivity contribution >= 4 is 16.6 Å². The summed E-state index contributed by atoms with van der Waals surface area (Å²) in [7, 11) is 0. The Morgan fingerprint density at radius 1 is 1.21 bits per heavy atom. The van der Waals surface area contributed by atoms with Gasteiger partial charge in [0.15, 0.2) is 0 Å². The van der Waals surface area contributed by atoms with E-state index in [0.717, 1.165) is 22.3 Å². The summed E-state index contributed by atoms with van der Waals surface area (Å²) in [6.07, 6.45) is 1.85. The van der Waals surface area contributed by atoms with E-state index in [1.807, 2.05) is 60.3 Å². The summed E-state index contributed by atoms with van der Waals surface area (Å²) in [5.41, 5.74) is 8.54. The quantitative estimate of drug-likeness (QED) is 0.730. The molecule has 0 aliphatic rings. The van der Waals surface area contributed by atoms with E-state index in [1.54, 1.807) is 0 Å². The third-order valence-electron chi connectivity index (χ3n) is 2.95. The van der Waals surface area contributed by atoms with Gasteiger partial charge in [-0.25, -0.2) is 4.68 Å². The Bertz CT molecular complexity index is 718. The van der Waals surface area contributed by atoms with Gasteiger partial charge in [0, 0.05) is 23.2 Å². The summed E-state index contributed by atoms with van der Waals surface area (Å²) in [6, 6.07) is 13.7. The van der Waals surface area contributed by atoms with Crippen LogP contribution in [0.3, 0.4) is 0 Å². The predicted molar refractivity (Wildman–Crippen MR) is 76.7 cm³/mol. The van der Waals surface area contributed by atoms with Gasteiger partial charge < -0.3 is 10.5 Å². The highest BCUT2D eigenvalue weighted by Crippen LogP contribution is 2.24. The van der Waals surface area contributed by atoms with Crippen molar-refractivity contribution in [2.45, 2.75) is 6.92 Å². The van der Waals surface area contributed by atoms with E-state index in [0.29, 0.717) is 12.3 Å². The number of nitrogens with two attached hydrogens (primary N) is 1. The molecule has 2 aromatic carbocycles. The third-order valence-corrected chi connectivity index (χ3v) is 2.95. The van der Waals surface area contributed by atoms with E-state index in [-0.39, 0.29) is 0 Å². The van der Waals surface area contributed by atoms with Crippen LogP contribution in [0, 0.1) is 0 Å². The molecule has 0 unspecified atom stereocenters. The van der Waals surface area contributed by atoms with Crippen LogP contribution in [0.2, 0.25) is 0 Å². The first-order valence-electron chi connectivity index (χ1n) is 6.24. The highest BCUT2D eigenvalue weighted by molar-refractivity contribution is 5.80. The summed E-state index contributed by atoms with van der Waals surface area (Å²) in [5, 5.41) is 5.51. The number of hydrogen-bond donors (Lipinski definition) is 1. The molecule has 4 nitrogen and oxygen atoms in total. The van der Waals surface area contributed by atoms with Crippen LogP contribution in [0.25, 0.3) is 16.6 Å². The van der Waals surface area contributed by atoms with Gasteiger partial charge in [0.2, 0.25) is 0 Å². The third kappa shape index (κ3) is 2.12. The molecule has 2 N–H and O–H groups in total. The standard InChI is InChI=1S/C15H15N3O/c1-2-19-14-8-12(16)7-13(9-14)18-15-6-4-3-5-11(15)10-17-18/h3-10H,2,16H2,1H3. The monoisotopic (exact) mass is 253 g/mol. The fourth-order valence-electron chi connectivity index (χ4n) is 2.16. The van der Waals surface area contributed by atoms with Crippen LogP contribution in [-0.4, -0.2) is 16.4 Å². The van der Waals surface area contributed by atoms with Crippen LogP contribution in [0.5, 0.6) is 5.75 Å². The minimum Gasteiger partial charge on any atom is -0.494 e. The van der Waals surface area contributed by atoms with Crippen LogP contribution in [0.15, 0.2) is 48.7 Å². The minimum absolute atomic E-state index is 0.614. The molecule has 0 saturated carbocycles. The first-order valence-corrected chi connectivity index (χ1v) is 6.24. The molecule has 0 fully saturated rings. The lowest BCUT2D eigenvalue weighted by Crippen LogP contribution is -2.00. The Morgan fingerprint density at radius 3 is 2.89 bits per heavy atom. The lowest BCUT2D eigenvalue weighted by molar-refractivity contribution is 0.340. The molecule has 0 spiro atoms. The van der Waals surface area contributed by atoms with Gasteiger partial charge in [0.05, 0.1) is 24.0 Å². The van der Waals surface area contributed by atoms with Crippen molar-refractivity contribution in [3.05, 3.63) is 48.7 Å². The van der Waals surface area contributed by atoms with E-state index in [2.05, 4.69) is 5.10 Å². The maximum absolute atomic E-state index is 5.92. The van der Waals surface area contributed by atoms with Gasteiger partial charge in [0.1, 0.15) is 5.75 Å². The molecule has 0 amide bonds. The van der Waals surface area contributed by atoms with Crippen molar-refractivity contribution in [2.75, 3.05) is 12.3 Å². The van der Waals surface area contributed by atoms with E-state index in [1.165, 1.54) is 0 Å². The first-order chi connectivity index (χ1) is 9.28. The summed E-state index contributed by atoms with van der Waals surface area (Å²) in [6.45, 7) is 2.56. The Kier molecular flexibility index (Phi) is 2.83. The predicted octanol–water partition coefficient (Wildman–Crippen LogP) is 3.01. The first kappa shape index (κ1) is 11.6. The number of rotatable bonds is 3. The van der Waals surface area contributed by atoms with Crippen molar-refractivity contribution in [1.29, 1.82) is 0 Å². The van der Waals surface area contributed by atoms with Crippen molar-refractivity contribution in [3.8, 4) is 11.4 Å². The maximum Gasteiger partial charge on any atom is 0.123 e. The highest BCUT2D eigenvalue weighted by atomic mass is 16.5. The molecule has 0 bridgehead atoms. The van der Waals surface area contributed by atoms with Gasteiger partial charge in [-0.1, -0.05) is 18.2 Å². The lowest BCUT2D eigenvalue weighted by atomic mass is 10.2. The zero-order valence-electron chi connectivity index (χ0n) is 10.7. The van der Waals surface area contributed by atoms with Crippen LogP contribution in [0.1, 0.15) is 6.92 Å². The zero-order chi connectivity index (χ0) is 13.2. The smallest absolute Gasteiger partial charge is 0.123 e. The number of nitrogen functional groups attached to an aromatic ring is 1. The van der Waals surface area contributed by atoms with Gasteiger partial charge in [-0.3, -0.25) is 0 Å². The summed E-state index contributed by atoms with van der Waals surface area (Å²) in [5.74, 6) is 0.761. The summed E-state index contributed by atoms with van der Waals surface area (Å²) >= 11 is 0. The molecule has 3 aromatic rings. The molecule has 0 radical (unpaired) electrons. The number of aromatic nitrogens is 2.